The van der Waals surface area contributed by atoms with E-state index in [4.69, 9.17) is 10.5 Å². The molecule has 2 rings (SSSR count). The van der Waals surface area contributed by atoms with Crippen LogP contribution in [0.15, 0.2) is 30.3 Å². The molecule has 0 aliphatic heterocycles. The van der Waals surface area contributed by atoms with Gasteiger partial charge in [-0.2, -0.15) is 0 Å². The van der Waals surface area contributed by atoms with Gasteiger partial charge >= 0.3 is 5.97 Å². The Bertz CT molecular complexity index is 613. The maximum atomic E-state index is 13.0. The number of carbonyl (C=O) groups excluding carboxylic acids is 1. The lowest BCUT2D eigenvalue weighted by Gasteiger charge is -2.03. The van der Waals surface area contributed by atoms with Crippen LogP contribution in [0.4, 0.5) is 15.1 Å². The second-order valence-electron chi connectivity index (χ2n) is 4.10. The van der Waals surface area contributed by atoms with Gasteiger partial charge in [-0.1, -0.05) is 12.1 Å². The zero-order chi connectivity index (χ0) is 14.5. The molecule has 20 heavy (non-hydrogen) atoms. The van der Waals surface area contributed by atoms with Gasteiger partial charge in [-0.25, -0.2) is 9.18 Å². The molecule has 4 nitrogen and oxygen atoms in total. The van der Waals surface area contributed by atoms with Crippen LogP contribution in [0.2, 0.25) is 0 Å². The van der Waals surface area contributed by atoms with E-state index in [2.05, 4.69) is 5.32 Å². The van der Waals surface area contributed by atoms with Gasteiger partial charge in [-0.3, -0.25) is 0 Å². The zero-order valence-electron chi connectivity index (χ0n) is 11.0. The van der Waals surface area contributed by atoms with E-state index in [1.54, 1.807) is 19.1 Å². The molecule has 0 amide bonds. The number of anilines is 2. The number of ether oxygens (including phenoxy) is 1. The average molecular weight is 294 g/mol. The van der Waals surface area contributed by atoms with E-state index in [1.807, 2.05) is 6.07 Å². The number of hydrogen-bond donors (Lipinski definition) is 2. The summed E-state index contributed by atoms with van der Waals surface area (Å²) in [5, 5.41) is 3.86. The summed E-state index contributed by atoms with van der Waals surface area (Å²) < 4.78 is 18.0. The molecule has 0 spiro atoms. The summed E-state index contributed by atoms with van der Waals surface area (Å²) in [4.78, 5) is 12.0. The fourth-order valence-electron chi connectivity index (χ4n) is 1.68. The average Bonchev–Trinajstić information content (AvgIpc) is 2.78. The van der Waals surface area contributed by atoms with Crippen LogP contribution in [0.5, 0.6) is 0 Å². The summed E-state index contributed by atoms with van der Waals surface area (Å²) in [5.41, 5.74) is 6.97. The highest BCUT2D eigenvalue weighted by molar-refractivity contribution is 7.18. The Morgan fingerprint density at radius 3 is 2.95 bits per heavy atom. The Morgan fingerprint density at radius 2 is 2.25 bits per heavy atom. The lowest BCUT2D eigenvalue weighted by Crippen LogP contribution is -2.04. The number of benzene rings is 1. The van der Waals surface area contributed by atoms with Crippen molar-refractivity contribution in [2.75, 3.05) is 17.7 Å². The molecule has 0 saturated carbocycles. The van der Waals surface area contributed by atoms with E-state index < -0.39 is 5.97 Å². The van der Waals surface area contributed by atoms with Crippen molar-refractivity contribution in [1.82, 2.24) is 0 Å². The van der Waals surface area contributed by atoms with E-state index >= 15 is 0 Å². The number of halogens is 1. The third-order valence-electron chi connectivity index (χ3n) is 2.58. The minimum atomic E-state index is -0.422. The molecule has 2 aromatic rings. The number of nitrogen functional groups attached to an aromatic ring is 1. The van der Waals surface area contributed by atoms with Crippen LogP contribution in [0.3, 0.4) is 0 Å². The minimum Gasteiger partial charge on any atom is -0.462 e. The second kappa shape index (κ2) is 6.38. The fraction of sp³-hybridized carbons (Fsp3) is 0.214. The number of rotatable bonds is 5. The summed E-state index contributed by atoms with van der Waals surface area (Å²) in [6, 6.07) is 8.00. The van der Waals surface area contributed by atoms with Crippen molar-refractivity contribution in [3.05, 3.63) is 46.6 Å². The standard InChI is InChI=1S/C14H15FN2O2S/c1-2-19-14(18)13-11(16)7-12(20-13)17-8-9-4-3-5-10(15)6-9/h3-7,17H,2,8,16H2,1H3. The maximum Gasteiger partial charge on any atom is 0.350 e. The first-order chi connectivity index (χ1) is 9.60. The van der Waals surface area contributed by atoms with Crippen molar-refractivity contribution in [2.45, 2.75) is 13.5 Å². The molecule has 0 atom stereocenters. The highest BCUT2D eigenvalue weighted by atomic mass is 32.1. The van der Waals surface area contributed by atoms with E-state index in [0.717, 1.165) is 10.6 Å². The predicted molar refractivity (Wildman–Crippen MR) is 78.4 cm³/mol. The van der Waals surface area contributed by atoms with Crippen molar-refractivity contribution in [1.29, 1.82) is 0 Å². The molecule has 0 unspecified atom stereocenters. The van der Waals surface area contributed by atoms with E-state index in [1.165, 1.54) is 23.5 Å². The van der Waals surface area contributed by atoms with Crippen LogP contribution in [0, 0.1) is 5.82 Å². The number of nitrogens with two attached hydrogens (primary N) is 1. The first-order valence-corrected chi connectivity index (χ1v) is 6.96. The molecule has 3 N–H and O–H groups in total. The molecule has 0 aliphatic carbocycles. The summed E-state index contributed by atoms with van der Waals surface area (Å²) in [7, 11) is 0. The van der Waals surface area contributed by atoms with Crippen molar-refractivity contribution in [2.24, 2.45) is 0 Å². The lowest BCUT2D eigenvalue weighted by molar-refractivity contribution is 0.0533. The second-order valence-corrected chi connectivity index (χ2v) is 5.15. The number of hydrogen-bond acceptors (Lipinski definition) is 5. The van der Waals surface area contributed by atoms with Gasteiger partial charge in [0.05, 0.1) is 17.3 Å². The predicted octanol–water partition coefficient (Wildman–Crippen LogP) is 3.26. The number of nitrogens with one attached hydrogen (secondary N) is 1. The number of carbonyl (C=O) groups is 1. The molecular formula is C14H15FN2O2S. The maximum absolute atomic E-state index is 13.0. The van der Waals surface area contributed by atoms with Gasteiger partial charge < -0.3 is 15.8 Å². The first kappa shape index (κ1) is 14.3. The van der Waals surface area contributed by atoms with E-state index in [-0.39, 0.29) is 5.82 Å². The molecule has 0 bridgehead atoms. The first-order valence-electron chi connectivity index (χ1n) is 6.15. The molecule has 0 aliphatic rings. The van der Waals surface area contributed by atoms with Gasteiger partial charge in [0.2, 0.25) is 0 Å². The Labute approximate surface area is 120 Å². The largest absolute Gasteiger partial charge is 0.462 e. The van der Waals surface area contributed by atoms with Crippen LogP contribution >= 0.6 is 11.3 Å². The molecule has 6 heteroatoms. The van der Waals surface area contributed by atoms with Gasteiger partial charge in [-0.15, -0.1) is 11.3 Å². The molecular weight excluding hydrogens is 279 g/mol. The van der Waals surface area contributed by atoms with Crippen molar-refractivity contribution in [3.8, 4) is 0 Å². The van der Waals surface area contributed by atoms with Crippen LogP contribution in [0.25, 0.3) is 0 Å². The van der Waals surface area contributed by atoms with Crippen LogP contribution < -0.4 is 11.1 Å². The zero-order valence-corrected chi connectivity index (χ0v) is 11.8. The van der Waals surface area contributed by atoms with Crippen LogP contribution in [-0.2, 0) is 11.3 Å². The molecule has 0 saturated heterocycles. The highest BCUT2D eigenvalue weighted by Gasteiger charge is 2.15. The molecule has 1 aromatic carbocycles. The van der Waals surface area contributed by atoms with Crippen LogP contribution in [0.1, 0.15) is 22.2 Å². The number of esters is 1. The van der Waals surface area contributed by atoms with Gasteiger partial charge in [0.1, 0.15) is 10.7 Å². The normalized spacial score (nSPS) is 10.3. The molecule has 106 valence electrons. The molecule has 0 fully saturated rings. The minimum absolute atomic E-state index is 0.276. The highest BCUT2D eigenvalue weighted by Crippen LogP contribution is 2.30. The summed E-state index contributed by atoms with van der Waals surface area (Å²) >= 11 is 1.23. The van der Waals surface area contributed by atoms with Gasteiger partial charge in [-0.05, 0) is 30.7 Å². The van der Waals surface area contributed by atoms with Crippen molar-refractivity contribution < 1.29 is 13.9 Å². The van der Waals surface area contributed by atoms with Crippen molar-refractivity contribution in [3.63, 3.8) is 0 Å². The Balaban J connectivity index is 2.04. The third kappa shape index (κ3) is 3.48. The Morgan fingerprint density at radius 1 is 1.45 bits per heavy atom. The van der Waals surface area contributed by atoms with Gasteiger partial charge in [0, 0.05) is 6.54 Å². The van der Waals surface area contributed by atoms with E-state index in [9.17, 15) is 9.18 Å². The van der Waals surface area contributed by atoms with Crippen molar-refractivity contribution >= 4 is 28.0 Å². The smallest absolute Gasteiger partial charge is 0.350 e. The summed E-state index contributed by atoms with van der Waals surface area (Å²) in [6.45, 7) is 2.51. The summed E-state index contributed by atoms with van der Waals surface area (Å²) in [5.74, 6) is -0.698. The molecule has 1 heterocycles. The van der Waals surface area contributed by atoms with E-state index in [0.29, 0.717) is 23.7 Å². The van der Waals surface area contributed by atoms with Crippen LogP contribution in [-0.4, -0.2) is 12.6 Å². The fourth-order valence-corrected chi connectivity index (χ4v) is 2.55. The Hall–Kier alpha value is -2.08. The molecule has 1 aromatic heterocycles. The molecule has 0 radical (unpaired) electrons. The summed E-state index contributed by atoms with van der Waals surface area (Å²) in [6.07, 6.45) is 0. The third-order valence-corrected chi connectivity index (χ3v) is 3.67. The lowest BCUT2D eigenvalue weighted by atomic mass is 10.2. The monoisotopic (exact) mass is 294 g/mol. The van der Waals surface area contributed by atoms with Gasteiger partial charge in [0.25, 0.3) is 0 Å². The topological polar surface area (TPSA) is 64.3 Å². The van der Waals surface area contributed by atoms with Gasteiger partial charge in [0.15, 0.2) is 0 Å². The Kier molecular flexibility index (Phi) is 4.57. The quantitative estimate of drug-likeness (QED) is 0.831. The SMILES string of the molecule is CCOC(=O)c1sc(NCc2cccc(F)c2)cc1N. The number of thiophene rings is 1.